The molecule has 2 heterocycles. The summed E-state index contributed by atoms with van der Waals surface area (Å²) in [6, 6.07) is 2.95. The average Bonchev–Trinajstić information content (AvgIpc) is 3.24. The maximum Gasteiger partial charge on any atom is 0.141 e. The molecule has 3 fully saturated rings. The van der Waals surface area contributed by atoms with Gasteiger partial charge in [-0.25, -0.2) is 9.37 Å². The summed E-state index contributed by atoms with van der Waals surface area (Å²) in [5.74, 6) is 1.64. The number of nitrogens with one attached hydrogen (secondary N) is 1. The molecular weight excluding hydrogens is 265 g/mol. The molecule has 0 aromatic carbocycles. The van der Waals surface area contributed by atoms with E-state index in [2.05, 4.69) is 15.2 Å². The van der Waals surface area contributed by atoms with Crippen LogP contribution in [0.4, 0.5) is 10.2 Å². The first-order chi connectivity index (χ1) is 10.3. The van der Waals surface area contributed by atoms with Crippen LogP contribution in [-0.4, -0.2) is 23.6 Å². The Bertz CT molecular complexity index is 515. The van der Waals surface area contributed by atoms with Crippen molar-refractivity contribution in [2.75, 3.05) is 11.4 Å². The molecule has 3 aliphatic rings. The lowest BCUT2D eigenvalue weighted by Gasteiger charge is -2.33. The summed E-state index contributed by atoms with van der Waals surface area (Å²) in [6.07, 6.45) is 10.5. The molecule has 1 saturated heterocycles. The van der Waals surface area contributed by atoms with Crippen LogP contribution in [-0.2, 0) is 6.54 Å². The summed E-state index contributed by atoms with van der Waals surface area (Å²) < 4.78 is 13.6. The van der Waals surface area contributed by atoms with Gasteiger partial charge in [0.05, 0.1) is 6.20 Å². The lowest BCUT2D eigenvalue weighted by Crippen LogP contribution is -2.36. The predicted octanol–water partition coefficient (Wildman–Crippen LogP) is 3.24. The van der Waals surface area contributed by atoms with E-state index in [1.54, 1.807) is 6.07 Å². The van der Waals surface area contributed by atoms with Crippen molar-refractivity contribution in [3.8, 4) is 0 Å². The van der Waals surface area contributed by atoms with Gasteiger partial charge in [0.15, 0.2) is 0 Å². The SMILES string of the molecule is Fc1cnc(N2CCC3CCCCC32)c(CNC2CC2)c1. The van der Waals surface area contributed by atoms with E-state index in [0.717, 1.165) is 30.4 Å². The molecular formula is C17H24FN3. The molecule has 21 heavy (non-hydrogen) atoms. The highest BCUT2D eigenvalue weighted by Gasteiger charge is 2.37. The quantitative estimate of drug-likeness (QED) is 0.922. The fraction of sp³-hybridized carbons (Fsp3) is 0.706. The Balaban J connectivity index is 1.57. The number of nitrogens with zero attached hydrogens (tertiary/aromatic N) is 2. The van der Waals surface area contributed by atoms with Crippen LogP contribution in [0, 0.1) is 11.7 Å². The molecule has 2 saturated carbocycles. The molecule has 0 bridgehead atoms. The van der Waals surface area contributed by atoms with Crippen LogP contribution in [0.2, 0.25) is 0 Å². The first-order valence-corrected chi connectivity index (χ1v) is 8.46. The topological polar surface area (TPSA) is 28.2 Å². The van der Waals surface area contributed by atoms with Gasteiger partial charge in [-0.2, -0.15) is 0 Å². The Labute approximate surface area is 125 Å². The van der Waals surface area contributed by atoms with Crippen LogP contribution < -0.4 is 10.2 Å². The highest BCUT2D eigenvalue weighted by molar-refractivity contribution is 5.49. The minimum absolute atomic E-state index is 0.217. The number of hydrogen-bond acceptors (Lipinski definition) is 3. The van der Waals surface area contributed by atoms with E-state index in [1.165, 1.54) is 51.1 Å². The third kappa shape index (κ3) is 2.78. The minimum atomic E-state index is -0.217. The van der Waals surface area contributed by atoms with E-state index in [-0.39, 0.29) is 5.82 Å². The molecule has 1 aromatic rings. The molecule has 0 amide bonds. The number of halogens is 1. The molecule has 1 aliphatic heterocycles. The largest absolute Gasteiger partial charge is 0.353 e. The van der Waals surface area contributed by atoms with E-state index in [9.17, 15) is 4.39 Å². The Morgan fingerprint density at radius 1 is 1.19 bits per heavy atom. The van der Waals surface area contributed by atoms with Crippen LogP contribution in [0.1, 0.15) is 50.5 Å². The monoisotopic (exact) mass is 289 g/mol. The number of rotatable bonds is 4. The summed E-state index contributed by atoms with van der Waals surface area (Å²) in [5, 5.41) is 3.50. The molecule has 114 valence electrons. The maximum atomic E-state index is 13.6. The predicted molar refractivity (Wildman–Crippen MR) is 81.8 cm³/mol. The summed E-state index contributed by atoms with van der Waals surface area (Å²) in [7, 11) is 0. The lowest BCUT2D eigenvalue weighted by molar-refractivity contribution is 0.341. The van der Waals surface area contributed by atoms with Gasteiger partial charge >= 0.3 is 0 Å². The van der Waals surface area contributed by atoms with E-state index in [1.807, 2.05) is 0 Å². The third-order valence-corrected chi connectivity index (χ3v) is 5.35. The second kappa shape index (κ2) is 5.56. The molecule has 1 aromatic heterocycles. The molecule has 4 rings (SSSR count). The van der Waals surface area contributed by atoms with Gasteiger partial charge < -0.3 is 10.2 Å². The molecule has 2 atom stereocenters. The smallest absolute Gasteiger partial charge is 0.141 e. The summed E-state index contributed by atoms with van der Waals surface area (Å²) in [4.78, 5) is 6.93. The summed E-state index contributed by atoms with van der Waals surface area (Å²) in [5.41, 5.74) is 1.04. The zero-order valence-corrected chi connectivity index (χ0v) is 12.5. The van der Waals surface area contributed by atoms with Gasteiger partial charge in [0.2, 0.25) is 0 Å². The van der Waals surface area contributed by atoms with E-state index in [0.29, 0.717) is 12.1 Å². The first kappa shape index (κ1) is 13.5. The van der Waals surface area contributed by atoms with Crippen molar-refractivity contribution in [1.29, 1.82) is 0 Å². The number of aromatic nitrogens is 1. The number of hydrogen-bond donors (Lipinski definition) is 1. The van der Waals surface area contributed by atoms with E-state index in [4.69, 9.17) is 0 Å². The van der Waals surface area contributed by atoms with Crippen molar-refractivity contribution in [2.45, 2.75) is 63.6 Å². The Kier molecular flexibility index (Phi) is 3.57. The Morgan fingerprint density at radius 3 is 2.90 bits per heavy atom. The van der Waals surface area contributed by atoms with Crippen LogP contribution >= 0.6 is 0 Å². The molecule has 0 spiro atoms. The van der Waals surface area contributed by atoms with Gasteiger partial charge in [-0.05, 0) is 44.1 Å². The molecule has 3 nitrogen and oxygen atoms in total. The minimum Gasteiger partial charge on any atom is -0.353 e. The van der Waals surface area contributed by atoms with Gasteiger partial charge in [-0.15, -0.1) is 0 Å². The van der Waals surface area contributed by atoms with Crippen molar-refractivity contribution in [3.63, 3.8) is 0 Å². The van der Waals surface area contributed by atoms with E-state index >= 15 is 0 Å². The van der Waals surface area contributed by atoms with Crippen LogP contribution in [0.3, 0.4) is 0 Å². The third-order valence-electron chi connectivity index (χ3n) is 5.35. The molecule has 1 N–H and O–H groups in total. The molecule has 2 unspecified atom stereocenters. The molecule has 4 heteroatoms. The van der Waals surface area contributed by atoms with Crippen molar-refractivity contribution in [2.24, 2.45) is 5.92 Å². The highest BCUT2D eigenvalue weighted by atomic mass is 19.1. The summed E-state index contributed by atoms with van der Waals surface area (Å²) >= 11 is 0. The average molecular weight is 289 g/mol. The maximum absolute atomic E-state index is 13.6. The van der Waals surface area contributed by atoms with Gasteiger partial charge in [0, 0.05) is 30.7 Å². The number of pyridine rings is 1. The number of anilines is 1. The summed E-state index contributed by atoms with van der Waals surface area (Å²) in [6.45, 7) is 1.84. The van der Waals surface area contributed by atoms with Crippen LogP contribution in [0.25, 0.3) is 0 Å². The second-order valence-electron chi connectivity index (χ2n) is 6.89. The van der Waals surface area contributed by atoms with Crippen molar-refractivity contribution in [1.82, 2.24) is 10.3 Å². The number of fused-ring (bicyclic) bond motifs is 1. The van der Waals surface area contributed by atoms with Crippen LogP contribution in [0.5, 0.6) is 0 Å². The zero-order chi connectivity index (χ0) is 14.2. The van der Waals surface area contributed by atoms with Crippen LogP contribution in [0.15, 0.2) is 12.3 Å². The second-order valence-corrected chi connectivity index (χ2v) is 6.89. The van der Waals surface area contributed by atoms with Gasteiger partial charge in [-0.1, -0.05) is 12.8 Å². The zero-order valence-electron chi connectivity index (χ0n) is 12.5. The Morgan fingerprint density at radius 2 is 2.05 bits per heavy atom. The lowest BCUT2D eigenvalue weighted by atomic mass is 9.85. The standard InChI is InChI=1S/C17H24FN3/c18-14-9-13(10-19-15-5-6-15)17(20-11-14)21-8-7-12-3-1-2-4-16(12)21/h9,11-12,15-16,19H,1-8,10H2. The fourth-order valence-corrected chi connectivity index (χ4v) is 4.07. The fourth-order valence-electron chi connectivity index (χ4n) is 4.07. The van der Waals surface area contributed by atoms with Crippen molar-refractivity contribution < 1.29 is 4.39 Å². The van der Waals surface area contributed by atoms with E-state index < -0.39 is 0 Å². The highest BCUT2D eigenvalue weighted by Crippen LogP contribution is 2.39. The van der Waals surface area contributed by atoms with Gasteiger partial charge in [-0.3, -0.25) is 0 Å². The normalized spacial score (nSPS) is 28.7. The van der Waals surface area contributed by atoms with Gasteiger partial charge in [0.1, 0.15) is 11.6 Å². The Hall–Kier alpha value is -1.16. The van der Waals surface area contributed by atoms with Crippen molar-refractivity contribution >= 4 is 5.82 Å². The molecule has 2 aliphatic carbocycles. The van der Waals surface area contributed by atoms with Crippen molar-refractivity contribution in [3.05, 3.63) is 23.6 Å². The molecule has 0 radical (unpaired) electrons. The first-order valence-electron chi connectivity index (χ1n) is 8.46. The van der Waals surface area contributed by atoms with Gasteiger partial charge in [0.25, 0.3) is 0 Å².